The highest BCUT2D eigenvalue weighted by atomic mass is 16.5. The number of hydrogen-bond acceptors (Lipinski definition) is 5. The molecular formula is C19H27NO5. The molecule has 25 heavy (non-hydrogen) atoms. The molecule has 3 rings (SSSR count). The molecule has 6 heteroatoms. The van der Waals surface area contributed by atoms with Gasteiger partial charge in [-0.1, -0.05) is 12.1 Å². The molecule has 1 saturated carbocycles. The number of methoxy groups -OCH3 is 2. The quantitative estimate of drug-likeness (QED) is 0.815. The van der Waals surface area contributed by atoms with Gasteiger partial charge in [-0.15, -0.1) is 0 Å². The molecule has 6 nitrogen and oxygen atoms in total. The van der Waals surface area contributed by atoms with Gasteiger partial charge >= 0.3 is 5.97 Å². The first-order valence-electron chi connectivity index (χ1n) is 8.82. The van der Waals surface area contributed by atoms with E-state index < -0.39 is 5.97 Å². The summed E-state index contributed by atoms with van der Waals surface area (Å²) >= 11 is 0. The molecule has 2 fully saturated rings. The molecule has 2 aliphatic rings. The fourth-order valence-electron chi connectivity index (χ4n) is 4.29. The van der Waals surface area contributed by atoms with E-state index in [9.17, 15) is 4.79 Å². The predicted molar refractivity (Wildman–Crippen MR) is 92.8 cm³/mol. The molecule has 0 aromatic heterocycles. The molecule has 1 N–H and O–H groups in total. The number of ether oxygens (including phenoxy) is 3. The molecule has 0 amide bonds. The Hall–Kier alpha value is -1.63. The van der Waals surface area contributed by atoms with E-state index in [1.54, 1.807) is 14.2 Å². The molecule has 0 bridgehead atoms. The summed E-state index contributed by atoms with van der Waals surface area (Å²) in [6.07, 6.45) is 3.56. The summed E-state index contributed by atoms with van der Waals surface area (Å²) in [5, 5.41) is 8.85. The molecule has 3 atom stereocenters. The van der Waals surface area contributed by atoms with Gasteiger partial charge in [-0.25, -0.2) is 4.79 Å². The van der Waals surface area contributed by atoms with Crippen LogP contribution in [0.25, 0.3) is 0 Å². The fraction of sp³-hybridized carbons (Fsp3) is 0.632. The lowest BCUT2D eigenvalue weighted by Crippen LogP contribution is -2.51. The summed E-state index contributed by atoms with van der Waals surface area (Å²) in [6.45, 7) is 1.58. The maximum absolute atomic E-state index is 10.8. The largest absolute Gasteiger partial charge is 0.497 e. The van der Waals surface area contributed by atoms with Gasteiger partial charge in [-0.2, -0.15) is 0 Å². The molecule has 1 aliphatic carbocycles. The smallest absolute Gasteiger partial charge is 0.329 e. The zero-order valence-electron chi connectivity index (χ0n) is 14.9. The Balaban J connectivity index is 1.70. The Bertz CT molecular complexity index is 607. The minimum atomic E-state index is -0.914. The lowest BCUT2D eigenvalue weighted by atomic mass is 9.79. The number of hydrogen-bond donors (Lipinski definition) is 1. The van der Waals surface area contributed by atoms with Crippen LogP contribution in [0.15, 0.2) is 24.3 Å². The molecule has 1 aromatic rings. The van der Waals surface area contributed by atoms with Crippen LogP contribution in [0.2, 0.25) is 0 Å². The molecule has 0 spiro atoms. The zero-order valence-corrected chi connectivity index (χ0v) is 14.9. The summed E-state index contributed by atoms with van der Waals surface area (Å²) in [6, 6.07) is 8.37. The zero-order chi connectivity index (χ0) is 17.9. The van der Waals surface area contributed by atoms with E-state index in [2.05, 4.69) is 17.0 Å². The van der Waals surface area contributed by atoms with Crippen LogP contribution in [-0.2, 0) is 20.8 Å². The van der Waals surface area contributed by atoms with Gasteiger partial charge in [-0.3, -0.25) is 4.90 Å². The lowest BCUT2D eigenvalue weighted by Gasteiger charge is -2.43. The number of carboxylic acid groups (broad SMARTS) is 1. The third kappa shape index (κ3) is 3.97. The highest BCUT2D eigenvalue weighted by Gasteiger charge is 2.51. The number of aliphatic carboxylic acids is 1. The Morgan fingerprint density at radius 3 is 2.92 bits per heavy atom. The van der Waals surface area contributed by atoms with Crippen LogP contribution in [0, 0.1) is 0 Å². The van der Waals surface area contributed by atoms with E-state index in [-0.39, 0.29) is 24.4 Å². The van der Waals surface area contributed by atoms with Crippen molar-refractivity contribution in [1.82, 2.24) is 4.90 Å². The van der Waals surface area contributed by atoms with E-state index in [0.29, 0.717) is 0 Å². The van der Waals surface area contributed by atoms with Gasteiger partial charge in [0.05, 0.1) is 18.8 Å². The minimum Gasteiger partial charge on any atom is -0.497 e. The van der Waals surface area contributed by atoms with Crippen LogP contribution in [0.4, 0.5) is 0 Å². The number of fused-ring (bicyclic) bond motifs is 1. The first kappa shape index (κ1) is 18.2. The van der Waals surface area contributed by atoms with Gasteiger partial charge in [0.1, 0.15) is 12.4 Å². The van der Waals surface area contributed by atoms with Crippen LogP contribution in [0.5, 0.6) is 5.75 Å². The molecule has 1 heterocycles. The van der Waals surface area contributed by atoms with Gasteiger partial charge in [-0.05, 0) is 43.4 Å². The number of nitrogens with zero attached hydrogens (tertiary/aromatic N) is 1. The van der Waals surface area contributed by atoms with E-state index in [1.165, 1.54) is 5.56 Å². The highest BCUT2D eigenvalue weighted by Crippen LogP contribution is 2.43. The number of carboxylic acids is 1. The molecule has 1 saturated heterocycles. The molecule has 0 radical (unpaired) electrons. The SMILES string of the molecule is COc1cccc(CN2CC[C@]3(OC)CC[C@@H](OCC(=O)O)C[C@H]23)c1. The molecule has 1 aliphatic heterocycles. The lowest BCUT2D eigenvalue weighted by molar-refractivity contribution is -0.148. The maximum atomic E-state index is 10.8. The van der Waals surface area contributed by atoms with Gasteiger partial charge in [0.25, 0.3) is 0 Å². The van der Waals surface area contributed by atoms with Gasteiger partial charge in [0.2, 0.25) is 0 Å². The molecule has 1 aromatic carbocycles. The van der Waals surface area contributed by atoms with E-state index in [1.807, 2.05) is 12.1 Å². The summed E-state index contributed by atoms with van der Waals surface area (Å²) in [4.78, 5) is 13.2. The normalized spacial score (nSPS) is 29.4. The Morgan fingerprint density at radius 2 is 2.20 bits per heavy atom. The van der Waals surface area contributed by atoms with Crippen LogP contribution >= 0.6 is 0 Å². The van der Waals surface area contributed by atoms with E-state index >= 15 is 0 Å². The average molecular weight is 349 g/mol. The maximum Gasteiger partial charge on any atom is 0.329 e. The van der Waals surface area contributed by atoms with Crippen LogP contribution < -0.4 is 4.74 Å². The molecule has 0 unspecified atom stereocenters. The number of rotatable bonds is 7. The topological polar surface area (TPSA) is 68.2 Å². The Kier molecular flexibility index (Phi) is 5.61. The van der Waals surface area contributed by atoms with Crippen molar-refractivity contribution in [3.63, 3.8) is 0 Å². The summed E-state index contributed by atoms with van der Waals surface area (Å²) in [5.74, 6) is -0.0516. The van der Waals surface area contributed by atoms with Crippen LogP contribution in [-0.4, -0.2) is 61.1 Å². The van der Waals surface area contributed by atoms with Crippen molar-refractivity contribution >= 4 is 5.97 Å². The fourth-order valence-corrected chi connectivity index (χ4v) is 4.29. The molecular weight excluding hydrogens is 322 g/mol. The molecule has 138 valence electrons. The van der Waals surface area contributed by atoms with E-state index in [0.717, 1.165) is 44.5 Å². The first-order valence-corrected chi connectivity index (χ1v) is 8.82. The third-order valence-corrected chi connectivity index (χ3v) is 5.61. The standard InChI is InChI=1S/C19H27NO5/c1-23-15-5-3-4-14(10-15)12-20-9-8-19(24-2)7-6-16(11-17(19)20)25-13-18(21)22/h3-5,10,16-17H,6-9,11-13H2,1-2H3,(H,21,22)/t16-,17+,19-/m1/s1. The van der Waals surface area contributed by atoms with Crippen molar-refractivity contribution in [3.8, 4) is 5.75 Å². The second-order valence-electron chi connectivity index (χ2n) is 6.96. The van der Waals surface area contributed by atoms with Crippen molar-refractivity contribution in [2.45, 2.75) is 50.0 Å². The van der Waals surface area contributed by atoms with Crippen LogP contribution in [0.3, 0.4) is 0 Å². The first-order chi connectivity index (χ1) is 12.1. The second kappa shape index (κ2) is 7.72. The van der Waals surface area contributed by atoms with Crippen molar-refractivity contribution < 1.29 is 24.1 Å². The number of likely N-dealkylation sites (tertiary alicyclic amines) is 1. The number of carbonyl (C=O) groups is 1. The minimum absolute atomic E-state index is 0.0183. The van der Waals surface area contributed by atoms with Crippen molar-refractivity contribution in [2.24, 2.45) is 0 Å². The monoisotopic (exact) mass is 349 g/mol. The van der Waals surface area contributed by atoms with Gasteiger partial charge < -0.3 is 19.3 Å². The van der Waals surface area contributed by atoms with Crippen molar-refractivity contribution in [3.05, 3.63) is 29.8 Å². The second-order valence-corrected chi connectivity index (χ2v) is 6.96. The number of benzene rings is 1. The average Bonchev–Trinajstić information content (AvgIpc) is 2.98. The highest BCUT2D eigenvalue weighted by molar-refractivity contribution is 5.68. The Labute approximate surface area is 148 Å². The Morgan fingerprint density at radius 1 is 1.36 bits per heavy atom. The van der Waals surface area contributed by atoms with Crippen molar-refractivity contribution in [1.29, 1.82) is 0 Å². The summed E-state index contributed by atoms with van der Waals surface area (Å²) in [5.41, 5.74) is 1.07. The summed E-state index contributed by atoms with van der Waals surface area (Å²) < 4.78 is 16.8. The third-order valence-electron chi connectivity index (χ3n) is 5.61. The van der Waals surface area contributed by atoms with Crippen LogP contribution in [0.1, 0.15) is 31.2 Å². The van der Waals surface area contributed by atoms with Gasteiger partial charge in [0.15, 0.2) is 0 Å². The summed E-state index contributed by atoms with van der Waals surface area (Å²) in [7, 11) is 3.47. The predicted octanol–water partition coefficient (Wildman–Crippen LogP) is 2.31. The van der Waals surface area contributed by atoms with E-state index in [4.69, 9.17) is 19.3 Å². The van der Waals surface area contributed by atoms with Crippen molar-refractivity contribution in [2.75, 3.05) is 27.4 Å². The van der Waals surface area contributed by atoms with Gasteiger partial charge in [0, 0.05) is 26.2 Å².